The van der Waals surface area contributed by atoms with Crippen LogP contribution in [0.15, 0.2) is 35.7 Å². The summed E-state index contributed by atoms with van der Waals surface area (Å²) in [6, 6.07) is 8.28. The summed E-state index contributed by atoms with van der Waals surface area (Å²) in [5.41, 5.74) is 2.02. The van der Waals surface area contributed by atoms with Crippen molar-refractivity contribution in [2.24, 2.45) is 0 Å². The number of thiophene rings is 1. The Balaban J connectivity index is 1.81. The minimum atomic E-state index is -0.296. The lowest BCUT2D eigenvalue weighted by Crippen LogP contribution is -2.51. The summed E-state index contributed by atoms with van der Waals surface area (Å²) < 4.78 is 13.4. The van der Waals surface area contributed by atoms with Crippen molar-refractivity contribution < 1.29 is 14.0 Å². The van der Waals surface area contributed by atoms with E-state index in [2.05, 4.69) is 0 Å². The second-order valence-electron chi connectivity index (χ2n) is 8.50. The zero-order valence-electron chi connectivity index (χ0n) is 18.6. The zero-order valence-corrected chi connectivity index (χ0v) is 19.5. The summed E-state index contributed by atoms with van der Waals surface area (Å²) in [4.78, 5) is 32.6. The SMILES string of the molecule is Cc1ccsc1CN(Cc1ccc(F)cc1)C(=O)CN(C(=O)N(C)C)C1CCCCC1. The fraction of sp³-hybridized carbons (Fsp3) is 0.500. The third-order valence-electron chi connectivity index (χ3n) is 5.89. The molecule has 1 aromatic carbocycles. The van der Waals surface area contributed by atoms with Crippen molar-refractivity contribution in [3.05, 3.63) is 57.5 Å². The van der Waals surface area contributed by atoms with Gasteiger partial charge in [0.15, 0.2) is 0 Å². The molecule has 0 unspecified atom stereocenters. The van der Waals surface area contributed by atoms with Crippen LogP contribution in [0.4, 0.5) is 9.18 Å². The molecular weight excluding hydrogens is 413 g/mol. The molecule has 5 nitrogen and oxygen atoms in total. The van der Waals surface area contributed by atoms with Crippen molar-refractivity contribution >= 4 is 23.3 Å². The lowest BCUT2D eigenvalue weighted by atomic mass is 9.94. The van der Waals surface area contributed by atoms with E-state index < -0.39 is 0 Å². The largest absolute Gasteiger partial charge is 0.332 e. The van der Waals surface area contributed by atoms with Crippen LogP contribution in [0.5, 0.6) is 0 Å². The number of hydrogen-bond donors (Lipinski definition) is 0. The van der Waals surface area contributed by atoms with E-state index in [1.807, 2.05) is 18.4 Å². The highest BCUT2D eigenvalue weighted by Crippen LogP contribution is 2.24. The first kappa shape index (κ1) is 23.3. The molecule has 3 amide bonds. The van der Waals surface area contributed by atoms with E-state index in [0.29, 0.717) is 13.1 Å². The van der Waals surface area contributed by atoms with Gasteiger partial charge in [-0.15, -0.1) is 11.3 Å². The first-order chi connectivity index (χ1) is 14.8. The van der Waals surface area contributed by atoms with E-state index in [1.165, 1.54) is 18.6 Å². The monoisotopic (exact) mass is 445 g/mol. The molecule has 0 bridgehead atoms. The first-order valence-electron chi connectivity index (χ1n) is 10.9. The van der Waals surface area contributed by atoms with Crippen molar-refractivity contribution in [1.82, 2.24) is 14.7 Å². The van der Waals surface area contributed by atoms with Crippen LogP contribution in [0.25, 0.3) is 0 Å². The fourth-order valence-corrected chi connectivity index (χ4v) is 4.95. The maximum absolute atomic E-state index is 13.5. The van der Waals surface area contributed by atoms with Gasteiger partial charge in [0.05, 0.1) is 6.54 Å². The zero-order chi connectivity index (χ0) is 22.4. The number of rotatable bonds is 7. The second kappa shape index (κ2) is 10.8. The van der Waals surface area contributed by atoms with Gasteiger partial charge in [-0.2, -0.15) is 0 Å². The Morgan fingerprint density at radius 2 is 1.71 bits per heavy atom. The second-order valence-corrected chi connectivity index (χ2v) is 9.50. The molecule has 1 aromatic heterocycles. The molecule has 0 aliphatic heterocycles. The van der Waals surface area contributed by atoms with Crippen molar-refractivity contribution in [3.8, 4) is 0 Å². The summed E-state index contributed by atoms with van der Waals surface area (Å²) in [6.45, 7) is 2.96. The number of urea groups is 1. The van der Waals surface area contributed by atoms with Gasteiger partial charge in [0.1, 0.15) is 12.4 Å². The molecule has 31 heavy (non-hydrogen) atoms. The standard InChI is InChI=1S/C24H32FN3O2S/c1-18-13-14-31-22(18)16-27(15-19-9-11-20(25)12-10-19)23(29)17-28(24(30)26(2)3)21-7-5-4-6-8-21/h9-14,21H,4-8,15-17H2,1-3H3. The number of nitrogens with zero attached hydrogens (tertiary/aromatic N) is 3. The first-order valence-corrected chi connectivity index (χ1v) is 11.8. The van der Waals surface area contributed by atoms with Gasteiger partial charge < -0.3 is 14.7 Å². The van der Waals surface area contributed by atoms with Gasteiger partial charge in [-0.05, 0) is 54.5 Å². The highest BCUT2D eigenvalue weighted by molar-refractivity contribution is 7.10. The summed E-state index contributed by atoms with van der Waals surface area (Å²) in [5.74, 6) is -0.381. The summed E-state index contributed by atoms with van der Waals surface area (Å²) in [6.07, 6.45) is 5.24. The van der Waals surface area contributed by atoms with Crippen LogP contribution in [0.3, 0.4) is 0 Å². The van der Waals surface area contributed by atoms with Crippen LogP contribution in [0.2, 0.25) is 0 Å². The summed E-state index contributed by atoms with van der Waals surface area (Å²) >= 11 is 1.62. The Morgan fingerprint density at radius 3 is 2.29 bits per heavy atom. The Labute approximate surface area is 188 Å². The van der Waals surface area contributed by atoms with Gasteiger partial charge in [0.2, 0.25) is 5.91 Å². The molecule has 168 valence electrons. The van der Waals surface area contributed by atoms with Crippen molar-refractivity contribution in [1.29, 1.82) is 0 Å². The van der Waals surface area contributed by atoms with Crippen LogP contribution >= 0.6 is 11.3 Å². The number of aryl methyl sites for hydroxylation is 1. The molecule has 1 saturated carbocycles. The molecule has 1 heterocycles. The maximum Gasteiger partial charge on any atom is 0.320 e. The molecule has 0 spiro atoms. The quantitative estimate of drug-likeness (QED) is 0.599. The lowest BCUT2D eigenvalue weighted by Gasteiger charge is -2.37. The van der Waals surface area contributed by atoms with E-state index in [9.17, 15) is 14.0 Å². The summed E-state index contributed by atoms with van der Waals surface area (Å²) in [5, 5.41) is 2.02. The van der Waals surface area contributed by atoms with Crippen LogP contribution in [-0.4, -0.2) is 53.3 Å². The molecule has 2 aromatic rings. The van der Waals surface area contributed by atoms with Gasteiger partial charge in [-0.3, -0.25) is 4.79 Å². The predicted molar refractivity (Wildman–Crippen MR) is 122 cm³/mol. The van der Waals surface area contributed by atoms with Crippen molar-refractivity contribution in [3.63, 3.8) is 0 Å². The van der Waals surface area contributed by atoms with Gasteiger partial charge >= 0.3 is 6.03 Å². The third-order valence-corrected chi connectivity index (χ3v) is 6.90. The molecule has 3 rings (SSSR count). The van der Waals surface area contributed by atoms with Gasteiger partial charge in [0.25, 0.3) is 0 Å². The molecule has 1 aliphatic carbocycles. The van der Waals surface area contributed by atoms with Gasteiger partial charge in [0, 0.05) is 31.6 Å². The molecule has 0 saturated heterocycles. The third kappa shape index (κ3) is 6.29. The Bertz CT molecular complexity index is 875. The Morgan fingerprint density at radius 1 is 1.03 bits per heavy atom. The van der Waals surface area contributed by atoms with E-state index in [4.69, 9.17) is 0 Å². The van der Waals surface area contributed by atoms with Crippen LogP contribution in [-0.2, 0) is 17.9 Å². The summed E-state index contributed by atoms with van der Waals surface area (Å²) in [7, 11) is 3.46. The highest BCUT2D eigenvalue weighted by atomic mass is 32.1. The minimum absolute atomic E-state index is 0.0628. The van der Waals surface area contributed by atoms with E-state index in [0.717, 1.165) is 41.7 Å². The number of amides is 3. The number of halogens is 1. The van der Waals surface area contributed by atoms with Gasteiger partial charge in [-0.25, -0.2) is 9.18 Å². The van der Waals surface area contributed by atoms with Crippen molar-refractivity contribution in [2.75, 3.05) is 20.6 Å². The highest BCUT2D eigenvalue weighted by Gasteiger charge is 2.30. The maximum atomic E-state index is 13.5. The minimum Gasteiger partial charge on any atom is -0.332 e. The fourth-order valence-electron chi connectivity index (χ4n) is 4.03. The Hall–Kier alpha value is -2.41. The smallest absolute Gasteiger partial charge is 0.320 e. The molecular formula is C24H32FN3O2S. The van der Waals surface area contributed by atoms with Crippen LogP contribution in [0, 0.1) is 12.7 Å². The van der Waals surface area contributed by atoms with E-state index in [-0.39, 0.29) is 30.3 Å². The predicted octanol–water partition coefficient (Wildman–Crippen LogP) is 5.04. The van der Waals surface area contributed by atoms with Gasteiger partial charge in [-0.1, -0.05) is 31.4 Å². The molecule has 1 aliphatic rings. The normalized spacial score (nSPS) is 14.3. The van der Waals surface area contributed by atoms with Crippen molar-refractivity contribution in [2.45, 2.75) is 58.2 Å². The molecule has 1 fully saturated rings. The van der Waals surface area contributed by atoms with E-state index in [1.54, 1.807) is 52.3 Å². The average Bonchev–Trinajstić information content (AvgIpc) is 3.17. The average molecular weight is 446 g/mol. The Kier molecular flexibility index (Phi) is 8.07. The van der Waals surface area contributed by atoms with Crippen LogP contribution in [0.1, 0.15) is 48.1 Å². The lowest BCUT2D eigenvalue weighted by molar-refractivity contribution is -0.133. The van der Waals surface area contributed by atoms with Crippen LogP contribution < -0.4 is 0 Å². The molecule has 7 heteroatoms. The topological polar surface area (TPSA) is 43.9 Å². The molecule has 0 atom stereocenters. The number of hydrogen-bond acceptors (Lipinski definition) is 3. The molecule has 0 N–H and O–H groups in total. The number of carbonyl (C=O) groups is 2. The van der Waals surface area contributed by atoms with E-state index >= 15 is 0 Å². The number of benzene rings is 1. The number of carbonyl (C=O) groups excluding carboxylic acids is 2. The molecule has 0 radical (unpaired) electrons.